The third-order valence-electron chi connectivity index (χ3n) is 3.39. The maximum atomic E-state index is 12.2. The summed E-state index contributed by atoms with van der Waals surface area (Å²) in [6.07, 6.45) is 6.83. The normalized spacial score (nSPS) is 12.0. The summed E-state index contributed by atoms with van der Waals surface area (Å²) in [5.74, 6) is 1.07. The highest BCUT2D eigenvalue weighted by Crippen LogP contribution is 2.19. The van der Waals surface area contributed by atoms with Gasteiger partial charge in [0.15, 0.2) is 0 Å². The van der Waals surface area contributed by atoms with Gasteiger partial charge in [0.25, 0.3) is 0 Å². The van der Waals surface area contributed by atoms with Crippen molar-refractivity contribution in [3.8, 4) is 0 Å². The van der Waals surface area contributed by atoms with Gasteiger partial charge in [-0.15, -0.1) is 0 Å². The molecular formula is C15H28N2O3S. The molecule has 1 heterocycles. The van der Waals surface area contributed by atoms with Crippen LogP contribution in [-0.2, 0) is 16.6 Å². The summed E-state index contributed by atoms with van der Waals surface area (Å²) in [6, 6.07) is 1.59. The first-order chi connectivity index (χ1) is 10.0. The highest BCUT2D eigenvalue weighted by Gasteiger charge is 2.20. The third kappa shape index (κ3) is 6.20. The second-order valence-corrected chi connectivity index (χ2v) is 7.06. The van der Waals surface area contributed by atoms with E-state index in [4.69, 9.17) is 4.42 Å². The van der Waals surface area contributed by atoms with E-state index in [9.17, 15) is 8.42 Å². The van der Waals surface area contributed by atoms with Crippen LogP contribution in [0.4, 0.5) is 0 Å². The monoisotopic (exact) mass is 316 g/mol. The molecule has 1 rings (SSSR count). The van der Waals surface area contributed by atoms with Crippen molar-refractivity contribution in [3.63, 3.8) is 0 Å². The van der Waals surface area contributed by atoms with E-state index < -0.39 is 10.0 Å². The first-order valence-electron chi connectivity index (χ1n) is 7.74. The summed E-state index contributed by atoms with van der Waals surface area (Å²) in [6.45, 7) is 4.87. The molecule has 0 aliphatic rings. The average Bonchev–Trinajstić information content (AvgIpc) is 2.80. The minimum Gasteiger partial charge on any atom is -0.464 e. The van der Waals surface area contributed by atoms with Crippen LogP contribution in [0.3, 0.4) is 0 Å². The van der Waals surface area contributed by atoms with E-state index in [1.165, 1.54) is 25.7 Å². The highest BCUT2D eigenvalue weighted by molar-refractivity contribution is 7.89. The van der Waals surface area contributed by atoms with Crippen molar-refractivity contribution in [3.05, 3.63) is 17.6 Å². The summed E-state index contributed by atoms with van der Waals surface area (Å²) in [5, 5.41) is 2.94. The zero-order valence-electron chi connectivity index (χ0n) is 13.4. The largest absolute Gasteiger partial charge is 0.464 e. The van der Waals surface area contributed by atoms with Crippen molar-refractivity contribution >= 4 is 10.0 Å². The molecule has 0 saturated carbocycles. The Balaban J connectivity index is 2.43. The molecule has 0 aromatic carbocycles. The number of unbranched alkanes of at least 4 members (excludes halogenated alkanes) is 5. The number of sulfonamides is 1. The van der Waals surface area contributed by atoms with Gasteiger partial charge in [-0.3, -0.25) is 0 Å². The minimum absolute atomic E-state index is 0.249. The molecule has 0 atom stereocenters. The van der Waals surface area contributed by atoms with Gasteiger partial charge < -0.3 is 9.73 Å². The molecular weight excluding hydrogens is 288 g/mol. The fourth-order valence-corrected chi connectivity index (χ4v) is 3.52. The van der Waals surface area contributed by atoms with Gasteiger partial charge in [-0.25, -0.2) is 13.1 Å². The second-order valence-electron chi connectivity index (χ2n) is 5.33. The van der Waals surface area contributed by atoms with Gasteiger partial charge in [0, 0.05) is 12.6 Å². The number of hydrogen-bond acceptors (Lipinski definition) is 4. The molecule has 2 N–H and O–H groups in total. The Labute approximate surface area is 128 Å². The molecule has 0 aliphatic carbocycles. The van der Waals surface area contributed by atoms with Crippen LogP contribution < -0.4 is 10.0 Å². The van der Waals surface area contributed by atoms with E-state index >= 15 is 0 Å². The topological polar surface area (TPSA) is 71.3 Å². The van der Waals surface area contributed by atoms with Gasteiger partial charge in [0.1, 0.15) is 16.4 Å². The lowest BCUT2D eigenvalue weighted by molar-refractivity contribution is 0.465. The maximum Gasteiger partial charge on any atom is 0.244 e. The summed E-state index contributed by atoms with van der Waals surface area (Å²) in [4.78, 5) is 0.249. The molecule has 0 amide bonds. The van der Waals surface area contributed by atoms with Crippen molar-refractivity contribution in [2.45, 2.75) is 63.8 Å². The molecule has 6 heteroatoms. The number of nitrogens with one attached hydrogen (secondary N) is 2. The summed E-state index contributed by atoms with van der Waals surface area (Å²) >= 11 is 0. The number of furan rings is 1. The Hall–Kier alpha value is -0.850. The molecule has 0 unspecified atom stereocenters. The lowest BCUT2D eigenvalue weighted by atomic mass is 10.1. The quantitative estimate of drug-likeness (QED) is 0.616. The lowest BCUT2D eigenvalue weighted by Crippen LogP contribution is -2.25. The first kappa shape index (κ1) is 18.2. The maximum absolute atomic E-state index is 12.2. The molecule has 21 heavy (non-hydrogen) atoms. The number of aryl methyl sites for hydroxylation is 1. The molecule has 0 fully saturated rings. The van der Waals surface area contributed by atoms with Gasteiger partial charge in [-0.1, -0.05) is 39.0 Å². The Morgan fingerprint density at radius 3 is 2.48 bits per heavy atom. The predicted molar refractivity (Wildman–Crippen MR) is 84.8 cm³/mol. The Bertz CT molecular complexity index is 509. The molecule has 0 saturated heterocycles. The van der Waals surface area contributed by atoms with Crippen LogP contribution in [0.5, 0.6) is 0 Å². The van der Waals surface area contributed by atoms with Crippen LogP contribution in [0.2, 0.25) is 0 Å². The average molecular weight is 316 g/mol. The van der Waals surface area contributed by atoms with Crippen molar-refractivity contribution in [2.75, 3.05) is 13.6 Å². The van der Waals surface area contributed by atoms with Gasteiger partial charge >= 0.3 is 0 Å². The van der Waals surface area contributed by atoms with Crippen LogP contribution in [0.15, 0.2) is 15.4 Å². The van der Waals surface area contributed by atoms with Crippen LogP contribution in [0.1, 0.15) is 57.0 Å². The van der Waals surface area contributed by atoms with E-state index in [1.807, 2.05) is 0 Å². The highest BCUT2D eigenvalue weighted by atomic mass is 32.2. The zero-order valence-corrected chi connectivity index (χ0v) is 14.2. The molecule has 1 aromatic rings. The van der Waals surface area contributed by atoms with Crippen LogP contribution in [-0.4, -0.2) is 22.0 Å². The van der Waals surface area contributed by atoms with E-state index in [2.05, 4.69) is 17.0 Å². The van der Waals surface area contributed by atoms with Crippen molar-refractivity contribution < 1.29 is 12.8 Å². The van der Waals surface area contributed by atoms with Crippen molar-refractivity contribution in [1.82, 2.24) is 10.0 Å². The molecule has 5 nitrogen and oxygen atoms in total. The van der Waals surface area contributed by atoms with E-state index in [0.717, 1.165) is 12.8 Å². The number of rotatable bonds is 11. The van der Waals surface area contributed by atoms with E-state index in [-0.39, 0.29) is 4.90 Å². The van der Waals surface area contributed by atoms with Crippen molar-refractivity contribution in [1.29, 1.82) is 0 Å². The fraction of sp³-hybridized carbons (Fsp3) is 0.733. The molecule has 0 spiro atoms. The van der Waals surface area contributed by atoms with E-state index in [1.54, 1.807) is 20.0 Å². The molecule has 122 valence electrons. The van der Waals surface area contributed by atoms with Gasteiger partial charge in [-0.2, -0.15) is 0 Å². The Morgan fingerprint density at radius 1 is 1.14 bits per heavy atom. The summed E-state index contributed by atoms with van der Waals surface area (Å²) in [7, 11) is -1.66. The standard InChI is InChI=1S/C15H28N2O3S/c1-4-5-6-7-8-9-10-17-21(18,19)15-11-14(12-16-3)20-13(15)2/h11,16-17H,4-10,12H2,1-3H3. The van der Waals surface area contributed by atoms with Gasteiger partial charge in [0.2, 0.25) is 10.0 Å². The van der Waals surface area contributed by atoms with Gasteiger partial charge in [0.05, 0.1) is 6.54 Å². The molecule has 1 aromatic heterocycles. The zero-order chi connectivity index (χ0) is 15.7. The van der Waals surface area contributed by atoms with Crippen LogP contribution in [0, 0.1) is 6.92 Å². The van der Waals surface area contributed by atoms with E-state index in [0.29, 0.717) is 24.6 Å². The van der Waals surface area contributed by atoms with Gasteiger partial charge in [-0.05, 0) is 20.4 Å². The molecule has 0 bridgehead atoms. The lowest BCUT2D eigenvalue weighted by Gasteiger charge is -2.05. The second kappa shape index (κ2) is 9.23. The first-order valence-corrected chi connectivity index (χ1v) is 9.23. The summed E-state index contributed by atoms with van der Waals surface area (Å²) < 4.78 is 32.5. The van der Waals surface area contributed by atoms with Crippen LogP contribution >= 0.6 is 0 Å². The molecule has 0 aliphatic heterocycles. The minimum atomic E-state index is -3.46. The predicted octanol–water partition coefficient (Wildman–Crippen LogP) is 2.95. The van der Waals surface area contributed by atoms with Crippen molar-refractivity contribution in [2.24, 2.45) is 0 Å². The Morgan fingerprint density at radius 2 is 1.81 bits per heavy atom. The summed E-state index contributed by atoms with van der Waals surface area (Å²) in [5.41, 5.74) is 0. The third-order valence-corrected chi connectivity index (χ3v) is 4.95. The number of hydrogen-bond donors (Lipinski definition) is 2. The smallest absolute Gasteiger partial charge is 0.244 e. The molecule has 0 radical (unpaired) electrons. The fourth-order valence-electron chi connectivity index (χ4n) is 2.24. The van der Waals surface area contributed by atoms with Crippen LogP contribution in [0.25, 0.3) is 0 Å². The SMILES string of the molecule is CCCCCCCCNS(=O)(=O)c1cc(CNC)oc1C. The Kier molecular flexibility index (Phi) is 8.00.